The van der Waals surface area contributed by atoms with Gasteiger partial charge in [-0.2, -0.15) is 0 Å². The molecule has 2 amide bonds. The molecule has 0 aliphatic rings. The van der Waals surface area contributed by atoms with Crippen molar-refractivity contribution in [2.24, 2.45) is 0 Å². The van der Waals surface area contributed by atoms with E-state index >= 15 is 0 Å². The lowest BCUT2D eigenvalue weighted by Crippen LogP contribution is -2.23. The molecule has 0 aliphatic heterocycles. The van der Waals surface area contributed by atoms with Crippen molar-refractivity contribution in [1.82, 2.24) is 30.0 Å². The van der Waals surface area contributed by atoms with E-state index < -0.39 is 0 Å². The number of carbonyl (C=O) groups is 2. The molecule has 3 heterocycles. The van der Waals surface area contributed by atoms with Gasteiger partial charge in [-0.1, -0.05) is 12.1 Å². The Labute approximate surface area is 188 Å². The lowest BCUT2D eigenvalue weighted by Gasteiger charge is -2.06. The summed E-state index contributed by atoms with van der Waals surface area (Å²) in [5, 5.41) is 5.66. The zero-order valence-corrected chi connectivity index (χ0v) is 17.8. The van der Waals surface area contributed by atoms with E-state index in [1.54, 1.807) is 41.2 Å². The first-order valence-corrected chi connectivity index (χ1v) is 10.5. The molecule has 0 unspecified atom stereocenters. The van der Waals surface area contributed by atoms with Gasteiger partial charge < -0.3 is 15.1 Å². The van der Waals surface area contributed by atoms with Gasteiger partial charge in [0.15, 0.2) is 5.58 Å². The SMILES string of the molecule is CCNC(=O)c1ccc2oc(-c3ccc(CNC(=O)c4cnc5nccn5c4)cc3)nc2c1. The molecule has 0 saturated carbocycles. The fourth-order valence-corrected chi connectivity index (χ4v) is 3.44. The van der Waals surface area contributed by atoms with Gasteiger partial charge in [-0.25, -0.2) is 15.0 Å². The van der Waals surface area contributed by atoms with Crippen LogP contribution in [0.3, 0.4) is 0 Å². The molecular weight excluding hydrogens is 420 g/mol. The molecule has 2 N–H and O–H groups in total. The molecular formula is C24H20N6O3. The van der Waals surface area contributed by atoms with Crippen LogP contribution in [-0.4, -0.2) is 37.7 Å². The number of imidazole rings is 1. The summed E-state index contributed by atoms with van der Waals surface area (Å²) >= 11 is 0. The van der Waals surface area contributed by atoms with E-state index in [-0.39, 0.29) is 11.8 Å². The minimum absolute atomic E-state index is 0.143. The van der Waals surface area contributed by atoms with Gasteiger partial charge in [-0.3, -0.25) is 14.0 Å². The second-order valence-corrected chi connectivity index (χ2v) is 7.42. The summed E-state index contributed by atoms with van der Waals surface area (Å²) in [5.74, 6) is 0.648. The number of hydrogen-bond acceptors (Lipinski definition) is 6. The molecule has 9 heteroatoms. The van der Waals surface area contributed by atoms with Crippen LogP contribution in [0.25, 0.3) is 28.3 Å². The van der Waals surface area contributed by atoms with Gasteiger partial charge in [0.2, 0.25) is 11.7 Å². The Morgan fingerprint density at radius 1 is 1.00 bits per heavy atom. The number of fused-ring (bicyclic) bond motifs is 2. The summed E-state index contributed by atoms with van der Waals surface area (Å²) in [4.78, 5) is 37.2. The second-order valence-electron chi connectivity index (χ2n) is 7.42. The number of carbonyl (C=O) groups excluding carboxylic acids is 2. The molecule has 5 aromatic rings. The van der Waals surface area contributed by atoms with Crippen LogP contribution in [0.2, 0.25) is 0 Å². The minimum atomic E-state index is -0.218. The van der Waals surface area contributed by atoms with E-state index in [0.29, 0.717) is 47.0 Å². The van der Waals surface area contributed by atoms with Gasteiger partial charge in [0, 0.05) is 49.0 Å². The third-order valence-electron chi connectivity index (χ3n) is 5.15. The lowest BCUT2D eigenvalue weighted by molar-refractivity contribution is 0.0944. The quantitative estimate of drug-likeness (QED) is 0.419. The summed E-state index contributed by atoms with van der Waals surface area (Å²) in [6.07, 6.45) is 6.57. The van der Waals surface area contributed by atoms with Crippen molar-refractivity contribution in [1.29, 1.82) is 0 Å². The highest BCUT2D eigenvalue weighted by atomic mass is 16.3. The molecule has 0 saturated heterocycles. The first-order valence-electron chi connectivity index (χ1n) is 10.5. The molecule has 164 valence electrons. The third kappa shape index (κ3) is 4.16. The summed E-state index contributed by atoms with van der Waals surface area (Å²) in [5.41, 5.74) is 3.95. The number of aromatic nitrogens is 4. The van der Waals surface area contributed by atoms with Crippen LogP contribution in [0.4, 0.5) is 0 Å². The molecule has 9 nitrogen and oxygen atoms in total. The molecule has 0 atom stereocenters. The van der Waals surface area contributed by atoms with Gasteiger partial charge in [-0.05, 0) is 42.8 Å². The van der Waals surface area contributed by atoms with Gasteiger partial charge in [-0.15, -0.1) is 0 Å². The van der Waals surface area contributed by atoms with Gasteiger partial charge in [0.25, 0.3) is 11.8 Å². The molecule has 0 aliphatic carbocycles. The first-order chi connectivity index (χ1) is 16.1. The fourth-order valence-electron chi connectivity index (χ4n) is 3.44. The van der Waals surface area contributed by atoms with E-state index in [4.69, 9.17) is 4.42 Å². The number of benzene rings is 2. The van der Waals surface area contributed by atoms with Crippen molar-refractivity contribution >= 4 is 28.7 Å². The standard InChI is InChI=1S/C24H20N6O3/c1-2-25-21(31)17-7-8-20-19(11-17)29-23(33-20)16-5-3-15(4-6-16)12-27-22(32)18-13-28-24-26-9-10-30(24)14-18/h3-11,13-14H,2,12H2,1H3,(H,25,31)(H,27,32). The zero-order valence-electron chi connectivity index (χ0n) is 17.8. The maximum Gasteiger partial charge on any atom is 0.254 e. The minimum Gasteiger partial charge on any atom is -0.436 e. The van der Waals surface area contributed by atoms with Crippen LogP contribution in [0.15, 0.2) is 71.7 Å². The highest BCUT2D eigenvalue weighted by molar-refractivity contribution is 5.97. The van der Waals surface area contributed by atoms with Crippen LogP contribution in [-0.2, 0) is 6.54 Å². The summed E-state index contributed by atoms with van der Waals surface area (Å²) in [7, 11) is 0. The highest BCUT2D eigenvalue weighted by Gasteiger charge is 2.12. The monoisotopic (exact) mass is 440 g/mol. The Bertz CT molecular complexity index is 1470. The van der Waals surface area contributed by atoms with Crippen molar-refractivity contribution in [2.75, 3.05) is 6.54 Å². The summed E-state index contributed by atoms with van der Waals surface area (Å²) < 4.78 is 7.54. The summed E-state index contributed by atoms with van der Waals surface area (Å²) in [6, 6.07) is 12.8. The smallest absolute Gasteiger partial charge is 0.254 e. The topological polar surface area (TPSA) is 114 Å². The van der Waals surface area contributed by atoms with E-state index in [9.17, 15) is 9.59 Å². The average molecular weight is 440 g/mol. The number of rotatable bonds is 6. The summed E-state index contributed by atoms with van der Waals surface area (Å²) in [6.45, 7) is 2.80. The molecule has 0 radical (unpaired) electrons. The molecule has 33 heavy (non-hydrogen) atoms. The molecule has 2 aromatic carbocycles. The van der Waals surface area contributed by atoms with Crippen molar-refractivity contribution < 1.29 is 14.0 Å². The van der Waals surface area contributed by atoms with Gasteiger partial charge in [0.05, 0.1) is 5.56 Å². The Hall–Kier alpha value is -4.53. The Morgan fingerprint density at radius 2 is 1.82 bits per heavy atom. The number of hydrogen-bond donors (Lipinski definition) is 2. The number of amides is 2. The predicted octanol–water partition coefficient (Wildman–Crippen LogP) is 3.22. The number of nitrogens with one attached hydrogen (secondary N) is 2. The van der Waals surface area contributed by atoms with E-state index in [1.807, 2.05) is 31.2 Å². The Balaban J connectivity index is 1.27. The van der Waals surface area contributed by atoms with Crippen LogP contribution in [0, 0.1) is 0 Å². The molecule has 3 aromatic heterocycles. The van der Waals surface area contributed by atoms with Crippen molar-refractivity contribution in [3.05, 3.63) is 83.9 Å². The third-order valence-corrected chi connectivity index (χ3v) is 5.15. The largest absolute Gasteiger partial charge is 0.436 e. The molecule has 0 bridgehead atoms. The Kier molecular flexibility index (Phi) is 5.27. The molecule has 0 spiro atoms. The van der Waals surface area contributed by atoms with Crippen molar-refractivity contribution in [3.8, 4) is 11.5 Å². The van der Waals surface area contributed by atoms with Crippen LogP contribution in [0.1, 0.15) is 33.2 Å². The van der Waals surface area contributed by atoms with Crippen molar-refractivity contribution in [3.63, 3.8) is 0 Å². The first kappa shape index (κ1) is 20.4. The fraction of sp³-hybridized carbons (Fsp3) is 0.125. The second kappa shape index (κ2) is 8.54. The Morgan fingerprint density at radius 3 is 2.64 bits per heavy atom. The van der Waals surface area contributed by atoms with Crippen LogP contribution < -0.4 is 10.6 Å². The maximum absolute atomic E-state index is 12.4. The number of oxazole rings is 1. The van der Waals surface area contributed by atoms with Gasteiger partial charge >= 0.3 is 0 Å². The normalized spacial score (nSPS) is 11.1. The average Bonchev–Trinajstić information content (AvgIpc) is 3.49. The maximum atomic E-state index is 12.4. The molecule has 0 fully saturated rings. The van der Waals surface area contributed by atoms with E-state index in [0.717, 1.165) is 11.1 Å². The van der Waals surface area contributed by atoms with E-state index in [1.165, 1.54) is 6.20 Å². The zero-order chi connectivity index (χ0) is 22.8. The number of nitrogens with zero attached hydrogens (tertiary/aromatic N) is 4. The molecule has 5 rings (SSSR count). The van der Waals surface area contributed by atoms with Crippen LogP contribution >= 0.6 is 0 Å². The lowest BCUT2D eigenvalue weighted by atomic mass is 10.1. The van der Waals surface area contributed by atoms with E-state index in [2.05, 4.69) is 25.6 Å². The van der Waals surface area contributed by atoms with Gasteiger partial charge in [0.1, 0.15) is 5.52 Å². The highest BCUT2D eigenvalue weighted by Crippen LogP contribution is 2.25. The van der Waals surface area contributed by atoms with Crippen LogP contribution in [0.5, 0.6) is 0 Å². The predicted molar refractivity (Wildman–Crippen MR) is 122 cm³/mol. The van der Waals surface area contributed by atoms with Crippen molar-refractivity contribution in [2.45, 2.75) is 13.5 Å².